The van der Waals surface area contributed by atoms with Crippen LogP contribution in [0.5, 0.6) is 11.5 Å². The monoisotopic (exact) mass is 476 g/mol. The summed E-state index contributed by atoms with van der Waals surface area (Å²) in [5, 5.41) is 2.82. The lowest BCUT2D eigenvalue weighted by atomic mass is 10.1. The van der Waals surface area contributed by atoms with Crippen molar-refractivity contribution in [2.75, 3.05) is 20.3 Å². The lowest BCUT2D eigenvalue weighted by Gasteiger charge is -2.30. The van der Waals surface area contributed by atoms with Crippen molar-refractivity contribution in [3.63, 3.8) is 0 Å². The fraction of sp³-hybridized carbons (Fsp3) is 0.391. The van der Waals surface area contributed by atoms with Gasteiger partial charge in [-0.05, 0) is 61.7 Å². The molecule has 0 aliphatic carbocycles. The molecular weight excluding hydrogens is 448 g/mol. The fourth-order valence-corrected chi connectivity index (χ4v) is 3.36. The Morgan fingerprint density at radius 2 is 1.90 bits per heavy atom. The van der Waals surface area contributed by atoms with Gasteiger partial charge in [-0.25, -0.2) is 0 Å². The Hall–Kier alpha value is -2.54. The molecule has 0 radical (unpaired) electrons. The molecule has 0 heterocycles. The fourth-order valence-electron chi connectivity index (χ4n) is 3.11. The Morgan fingerprint density at radius 1 is 1.13 bits per heavy atom. The first-order valence-electron chi connectivity index (χ1n) is 9.98. The van der Waals surface area contributed by atoms with Gasteiger partial charge in [0, 0.05) is 17.6 Å². The van der Waals surface area contributed by atoms with Gasteiger partial charge in [-0.3, -0.25) is 9.59 Å². The molecule has 2 rings (SSSR count). The first-order chi connectivity index (χ1) is 14.4. The largest absolute Gasteiger partial charge is 0.497 e. The molecule has 7 heteroatoms. The van der Waals surface area contributed by atoms with Gasteiger partial charge in [0.1, 0.15) is 17.5 Å². The van der Waals surface area contributed by atoms with E-state index in [0.29, 0.717) is 24.5 Å². The SMILES string of the molecule is CCNC(=O)C(CC)N(Cc1cccc(OC)c1)C(=O)COc1ccc(Br)c(C)c1. The van der Waals surface area contributed by atoms with E-state index >= 15 is 0 Å². The van der Waals surface area contributed by atoms with E-state index in [1.165, 1.54) is 0 Å². The molecule has 0 saturated carbocycles. The minimum atomic E-state index is -0.584. The van der Waals surface area contributed by atoms with Gasteiger partial charge in [-0.15, -0.1) is 0 Å². The molecule has 162 valence electrons. The molecular formula is C23H29BrN2O4. The summed E-state index contributed by atoms with van der Waals surface area (Å²) in [6.07, 6.45) is 0.499. The molecule has 0 fully saturated rings. The minimum absolute atomic E-state index is 0.152. The van der Waals surface area contributed by atoms with Crippen molar-refractivity contribution in [1.29, 1.82) is 0 Å². The van der Waals surface area contributed by atoms with Crippen molar-refractivity contribution in [1.82, 2.24) is 10.2 Å². The summed E-state index contributed by atoms with van der Waals surface area (Å²) in [7, 11) is 1.60. The van der Waals surface area contributed by atoms with Gasteiger partial charge in [-0.2, -0.15) is 0 Å². The molecule has 0 bridgehead atoms. The molecule has 0 aromatic heterocycles. The molecule has 2 aromatic rings. The summed E-state index contributed by atoms with van der Waals surface area (Å²) >= 11 is 3.46. The second-order valence-corrected chi connectivity index (χ2v) is 7.75. The van der Waals surface area contributed by atoms with Crippen LogP contribution in [0.3, 0.4) is 0 Å². The minimum Gasteiger partial charge on any atom is -0.497 e. The molecule has 2 amide bonds. The van der Waals surface area contributed by atoms with Gasteiger partial charge in [0.2, 0.25) is 5.91 Å². The summed E-state index contributed by atoms with van der Waals surface area (Å²) in [6.45, 7) is 6.35. The average molecular weight is 477 g/mol. The molecule has 1 N–H and O–H groups in total. The number of methoxy groups -OCH3 is 1. The van der Waals surface area contributed by atoms with Crippen LogP contribution >= 0.6 is 15.9 Å². The number of hydrogen-bond acceptors (Lipinski definition) is 4. The number of likely N-dealkylation sites (N-methyl/N-ethyl adjacent to an activating group) is 1. The van der Waals surface area contributed by atoms with Crippen LogP contribution in [0.15, 0.2) is 46.9 Å². The van der Waals surface area contributed by atoms with E-state index in [9.17, 15) is 9.59 Å². The van der Waals surface area contributed by atoms with Crippen LogP contribution in [0.1, 0.15) is 31.4 Å². The van der Waals surface area contributed by atoms with Crippen LogP contribution in [0.4, 0.5) is 0 Å². The molecule has 0 aliphatic rings. The number of amides is 2. The zero-order valence-corrected chi connectivity index (χ0v) is 19.5. The molecule has 1 unspecified atom stereocenters. The standard InChI is InChI=1S/C23H29BrN2O4/c1-5-21(23(28)25-6-2)26(14-17-8-7-9-18(13-17)29-4)22(27)15-30-19-10-11-20(24)16(3)12-19/h7-13,21H,5-6,14-15H2,1-4H3,(H,25,28). The van der Waals surface area contributed by atoms with Gasteiger partial charge in [0.25, 0.3) is 5.91 Å². The van der Waals surface area contributed by atoms with Gasteiger partial charge in [-0.1, -0.05) is 35.0 Å². The smallest absolute Gasteiger partial charge is 0.261 e. The summed E-state index contributed by atoms with van der Waals surface area (Å²) < 4.78 is 12.0. The van der Waals surface area contributed by atoms with E-state index in [0.717, 1.165) is 15.6 Å². The maximum absolute atomic E-state index is 13.1. The van der Waals surface area contributed by atoms with E-state index in [-0.39, 0.29) is 25.0 Å². The summed E-state index contributed by atoms with van der Waals surface area (Å²) in [6, 6.07) is 12.4. The van der Waals surface area contributed by atoms with E-state index < -0.39 is 6.04 Å². The van der Waals surface area contributed by atoms with Gasteiger partial charge in [0.15, 0.2) is 6.61 Å². The summed E-state index contributed by atoms with van der Waals surface area (Å²) in [4.78, 5) is 27.3. The van der Waals surface area contributed by atoms with Gasteiger partial charge < -0.3 is 19.7 Å². The van der Waals surface area contributed by atoms with Gasteiger partial charge >= 0.3 is 0 Å². The number of aryl methyl sites for hydroxylation is 1. The molecule has 0 aliphatic heterocycles. The van der Waals surface area contributed by atoms with Crippen LogP contribution < -0.4 is 14.8 Å². The van der Waals surface area contributed by atoms with Crippen molar-refractivity contribution in [3.8, 4) is 11.5 Å². The van der Waals surface area contributed by atoms with Crippen LogP contribution in [0, 0.1) is 6.92 Å². The van der Waals surface area contributed by atoms with E-state index in [4.69, 9.17) is 9.47 Å². The number of nitrogens with zero attached hydrogens (tertiary/aromatic N) is 1. The predicted molar refractivity (Wildman–Crippen MR) is 121 cm³/mol. The zero-order valence-electron chi connectivity index (χ0n) is 17.9. The maximum atomic E-state index is 13.1. The number of carbonyl (C=O) groups excluding carboxylic acids is 2. The first-order valence-corrected chi connectivity index (χ1v) is 10.8. The van der Waals surface area contributed by atoms with Crippen LogP contribution in [0.25, 0.3) is 0 Å². The number of ether oxygens (including phenoxy) is 2. The van der Waals surface area contributed by atoms with Crippen LogP contribution in [0.2, 0.25) is 0 Å². The molecule has 6 nitrogen and oxygen atoms in total. The molecule has 30 heavy (non-hydrogen) atoms. The number of benzene rings is 2. The third-order valence-electron chi connectivity index (χ3n) is 4.72. The normalized spacial score (nSPS) is 11.5. The number of halogens is 1. The van der Waals surface area contributed by atoms with Crippen molar-refractivity contribution >= 4 is 27.7 Å². The first kappa shape index (κ1) is 23.7. The van der Waals surface area contributed by atoms with E-state index in [1.807, 2.05) is 57.2 Å². The lowest BCUT2D eigenvalue weighted by Crippen LogP contribution is -2.50. The summed E-state index contributed by atoms with van der Waals surface area (Å²) in [5.74, 6) is 0.885. The third kappa shape index (κ3) is 6.49. The highest BCUT2D eigenvalue weighted by molar-refractivity contribution is 9.10. The van der Waals surface area contributed by atoms with Crippen molar-refractivity contribution in [2.24, 2.45) is 0 Å². The van der Waals surface area contributed by atoms with Crippen molar-refractivity contribution in [3.05, 3.63) is 58.1 Å². The third-order valence-corrected chi connectivity index (χ3v) is 5.61. The Kier molecular flexibility index (Phi) is 9.17. The highest BCUT2D eigenvalue weighted by Crippen LogP contribution is 2.22. The van der Waals surface area contributed by atoms with Crippen LogP contribution in [-0.4, -0.2) is 43.0 Å². The second-order valence-electron chi connectivity index (χ2n) is 6.89. The second kappa shape index (κ2) is 11.6. The number of rotatable bonds is 10. The molecule has 0 spiro atoms. The highest BCUT2D eigenvalue weighted by Gasteiger charge is 2.28. The number of hydrogen-bond donors (Lipinski definition) is 1. The Labute approximate surface area is 186 Å². The molecule has 1 atom stereocenters. The van der Waals surface area contributed by atoms with Crippen molar-refractivity contribution in [2.45, 2.75) is 39.8 Å². The Balaban J connectivity index is 2.22. The lowest BCUT2D eigenvalue weighted by molar-refractivity contribution is -0.142. The predicted octanol–water partition coefficient (Wildman–Crippen LogP) is 4.09. The quantitative estimate of drug-likeness (QED) is 0.560. The average Bonchev–Trinajstić information content (AvgIpc) is 2.74. The Morgan fingerprint density at radius 3 is 2.53 bits per heavy atom. The zero-order chi connectivity index (χ0) is 22.1. The van der Waals surface area contributed by atoms with Gasteiger partial charge in [0.05, 0.1) is 7.11 Å². The molecule has 0 saturated heterocycles. The topological polar surface area (TPSA) is 67.9 Å². The number of nitrogens with one attached hydrogen (secondary N) is 1. The highest BCUT2D eigenvalue weighted by atomic mass is 79.9. The van der Waals surface area contributed by atoms with E-state index in [1.54, 1.807) is 18.1 Å². The Bertz CT molecular complexity index is 872. The van der Waals surface area contributed by atoms with Crippen molar-refractivity contribution < 1.29 is 19.1 Å². The number of carbonyl (C=O) groups is 2. The van der Waals surface area contributed by atoms with E-state index in [2.05, 4.69) is 21.2 Å². The maximum Gasteiger partial charge on any atom is 0.261 e. The summed E-state index contributed by atoms with van der Waals surface area (Å²) in [5.41, 5.74) is 1.90. The van der Waals surface area contributed by atoms with Crippen LogP contribution in [-0.2, 0) is 16.1 Å². The molecule has 2 aromatic carbocycles.